The number of carbonyl (C=O) groups excluding carboxylic acids is 1. The van der Waals surface area contributed by atoms with E-state index in [0.29, 0.717) is 16.2 Å². The highest BCUT2D eigenvalue weighted by Gasteiger charge is 2.45. The minimum Gasteiger partial charge on any atom is -0.497 e. The van der Waals surface area contributed by atoms with Crippen LogP contribution in [-0.4, -0.2) is 42.1 Å². The Morgan fingerprint density at radius 1 is 1.32 bits per heavy atom. The third kappa shape index (κ3) is 3.02. The van der Waals surface area contributed by atoms with Crippen molar-refractivity contribution < 1.29 is 28.3 Å². The summed E-state index contributed by atoms with van der Waals surface area (Å²) in [6, 6.07) is 5.93. The zero-order chi connectivity index (χ0) is 18.2. The van der Waals surface area contributed by atoms with Crippen molar-refractivity contribution in [1.82, 2.24) is 9.79 Å². The average molecular weight is 384 g/mol. The summed E-state index contributed by atoms with van der Waals surface area (Å²) in [5, 5.41) is 21.2. The zero-order valence-corrected chi connectivity index (χ0v) is 14.8. The molecule has 1 aromatic heterocycles. The third-order valence-electron chi connectivity index (χ3n) is 4.03. The lowest BCUT2D eigenvalue weighted by Gasteiger charge is -2.36. The molecule has 8 nitrogen and oxygen atoms in total. The predicted octanol–water partition coefficient (Wildman–Crippen LogP) is 0.869. The molecule has 25 heavy (non-hydrogen) atoms. The van der Waals surface area contributed by atoms with Crippen LogP contribution in [0.25, 0.3) is 0 Å². The molecule has 0 bridgehead atoms. The first kappa shape index (κ1) is 17.8. The first-order chi connectivity index (χ1) is 11.9. The van der Waals surface area contributed by atoms with Crippen LogP contribution in [0.5, 0.6) is 5.75 Å². The molecule has 2 aromatic rings. The maximum absolute atomic E-state index is 13.0. The van der Waals surface area contributed by atoms with Gasteiger partial charge in [-0.1, -0.05) is 0 Å². The number of nitrogens with zero attached hydrogens (tertiary/aromatic N) is 1. The monoisotopic (exact) mass is 384 g/mol. The number of benzene rings is 1. The van der Waals surface area contributed by atoms with Crippen molar-refractivity contribution in [1.29, 1.82) is 0 Å². The van der Waals surface area contributed by atoms with Crippen LogP contribution in [0, 0.1) is 0 Å². The highest BCUT2D eigenvalue weighted by Crippen LogP contribution is 2.38. The van der Waals surface area contributed by atoms with Gasteiger partial charge in [-0.25, -0.2) is 13.9 Å². The van der Waals surface area contributed by atoms with E-state index < -0.39 is 28.1 Å². The second kappa shape index (κ2) is 6.73. The van der Waals surface area contributed by atoms with Crippen molar-refractivity contribution in [2.24, 2.45) is 0 Å². The number of carbonyl (C=O) groups is 1. The Bertz CT molecular complexity index is 878. The highest BCUT2D eigenvalue weighted by atomic mass is 32.2. The third-order valence-corrected chi connectivity index (χ3v) is 6.90. The fourth-order valence-corrected chi connectivity index (χ4v) is 5.26. The van der Waals surface area contributed by atoms with Gasteiger partial charge in [-0.3, -0.25) is 10.0 Å². The Balaban J connectivity index is 2.06. The minimum atomic E-state index is -4.09. The Hall–Kier alpha value is -1.98. The summed E-state index contributed by atoms with van der Waals surface area (Å²) in [5.74, 6) is -0.508. The summed E-state index contributed by atoms with van der Waals surface area (Å²) >= 11 is 1.23. The van der Waals surface area contributed by atoms with Crippen molar-refractivity contribution in [3.05, 3.63) is 46.2 Å². The van der Waals surface area contributed by atoms with Gasteiger partial charge >= 0.3 is 0 Å². The number of hydrogen-bond donors (Lipinski definition) is 3. The topological polar surface area (TPSA) is 116 Å². The standard InChI is InChI=1S/C15H16N2O6S2/c1-23-10-2-4-11(5-3-10)25(21,22)17-8-9-6-7-24-14(9)13(18)12(17)15(19)16-20/h2-7,12-13,18,20H,8H2,1H3,(H,16,19). The molecule has 2 atom stereocenters. The van der Waals surface area contributed by atoms with E-state index >= 15 is 0 Å². The summed E-state index contributed by atoms with van der Waals surface area (Å²) in [4.78, 5) is 12.5. The number of sulfonamides is 1. The van der Waals surface area contributed by atoms with E-state index in [9.17, 15) is 18.3 Å². The summed E-state index contributed by atoms with van der Waals surface area (Å²) in [6.07, 6.45) is -1.37. The van der Waals surface area contributed by atoms with Crippen LogP contribution in [0.4, 0.5) is 0 Å². The molecule has 3 N–H and O–H groups in total. The number of methoxy groups -OCH3 is 1. The summed E-state index contributed by atoms with van der Waals surface area (Å²) < 4.78 is 31.9. The number of nitrogens with one attached hydrogen (secondary N) is 1. The summed E-state index contributed by atoms with van der Waals surface area (Å²) in [7, 11) is -2.63. The zero-order valence-electron chi connectivity index (χ0n) is 13.1. The first-order valence-corrected chi connectivity index (χ1v) is 9.56. The van der Waals surface area contributed by atoms with Gasteiger partial charge in [0.2, 0.25) is 10.0 Å². The number of fused-ring (bicyclic) bond motifs is 1. The summed E-state index contributed by atoms with van der Waals surface area (Å²) in [6.45, 7) is -0.0810. The van der Waals surface area contributed by atoms with E-state index in [-0.39, 0.29) is 11.4 Å². The molecule has 3 rings (SSSR count). The van der Waals surface area contributed by atoms with Crippen molar-refractivity contribution in [2.75, 3.05) is 7.11 Å². The Labute approximate surface area is 148 Å². The van der Waals surface area contributed by atoms with Gasteiger partial charge in [0, 0.05) is 11.4 Å². The van der Waals surface area contributed by atoms with Gasteiger partial charge in [0.1, 0.15) is 17.9 Å². The Kier molecular flexibility index (Phi) is 4.80. The fraction of sp³-hybridized carbons (Fsp3) is 0.267. The Morgan fingerprint density at radius 2 is 2.00 bits per heavy atom. The highest BCUT2D eigenvalue weighted by molar-refractivity contribution is 7.89. The van der Waals surface area contributed by atoms with Crippen LogP contribution in [0.1, 0.15) is 16.5 Å². The van der Waals surface area contributed by atoms with Crippen LogP contribution >= 0.6 is 11.3 Å². The molecule has 0 fully saturated rings. The van der Waals surface area contributed by atoms with E-state index in [1.807, 2.05) is 0 Å². The molecule has 0 radical (unpaired) electrons. The minimum absolute atomic E-state index is 0.0464. The molecule has 0 aliphatic carbocycles. The second-order valence-corrected chi connectivity index (χ2v) is 8.24. The van der Waals surface area contributed by atoms with Crippen LogP contribution in [0.2, 0.25) is 0 Å². The molecular formula is C15H16N2O6S2. The maximum atomic E-state index is 13.0. The van der Waals surface area contributed by atoms with Crippen LogP contribution in [-0.2, 0) is 21.4 Å². The van der Waals surface area contributed by atoms with Crippen LogP contribution in [0.15, 0.2) is 40.6 Å². The summed E-state index contributed by atoms with van der Waals surface area (Å²) in [5.41, 5.74) is 2.06. The van der Waals surface area contributed by atoms with E-state index in [2.05, 4.69) is 0 Å². The molecule has 10 heteroatoms. The van der Waals surface area contributed by atoms with Crippen molar-refractivity contribution in [3.63, 3.8) is 0 Å². The van der Waals surface area contributed by atoms with Gasteiger partial charge in [-0.15, -0.1) is 11.3 Å². The average Bonchev–Trinajstić information content (AvgIpc) is 3.10. The lowest BCUT2D eigenvalue weighted by Crippen LogP contribution is -2.53. The van der Waals surface area contributed by atoms with Gasteiger partial charge < -0.3 is 9.84 Å². The smallest absolute Gasteiger partial charge is 0.264 e. The number of aliphatic hydroxyl groups is 1. The Morgan fingerprint density at radius 3 is 2.60 bits per heavy atom. The molecule has 0 saturated carbocycles. The van der Waals surface area contributed by atoms with Gasteiger partial charge in [0.25, 0.3) is 5.91 Å². The van der Waals surface area contributed by atoms with E-state index in [0.717, 1.165) is 4.31 Å². The SMILES string of the molecule is COc1ccc(S(=O)(=O)N2Cc3ccsc3C(O)C2C(=O)NO)cc1. The largest absolute Gasteiger partial charge is 0.497 e. The lowest BCUT2D eigenvalue weighted by atomic mass is 10.0. The van der Waals surface area contributed by atoms with E-state index in [1.54, 1.807) is 11.4 Å². The van der Waals surface area contributed by atoms with Gasteiger partial charge in [-0.2, -0.15) is 4.31 Å². The molecule has 0 spiro atoms. The van der Waals surface area contributed by atoms with Crippen molar-refractivity contribution in [2.45, 2.75) is 23.6 Å². The molecule has 1 amide bonds. The maximum Gasteiger partial charge on any atom is 0.264 e. The fourth-order valence-electron chi connectivity index (χ4n) is 2.76. The first-order valence-electron chi connectivity index (χ1n) is 7.24. The quantitative estimate of drug-likeness (QED) is 0.532. The van der Waals surface area contributed by atoms with E-state index in [4.69, 9.17) is 9.94 Å². The number of hydrogen-bond acceptors (Lipinski definition) is 7. The number of ether oxygens (including phenoxy) is 1. The molecule has 2 heterocycles. The molecule has 2 unspecified atom stereocenters. The molecule has 1 aliphatic rings. The number of hydroxylamine groups is 1. The van der Waals surface area contributed by atoms with Crippen LogP contribution in [0.3, 0.4) is 0 Å². The number of aliphatic hydroxyl groups excluding tert-OH is 1. The predicted molar refractivity (Wildman–Crippen MR) is 88.7 cm³/mol. The lowest BCUT2D eigenvalue weighted by molar-refractivity contribution is -0.137. The van der Waals surface area contributed by atoms with Gasteiger partial charge in [0.05, 0.1) is 12.0 Å². The number of amides is 1. The molecule has 1 aromatic carbocycles. The van der Waals surface area contributed by atoms with Crippen LogP contribution < -0.4 is 10.2 Å². The normalized spacial score (nSPS) is 20.8. The van der Waals surface area contributed by atoms with Crippen molar-refractivity contribution >= 4 is 27.3 Å². The molecule has 1 aliphatic heterocycles. The number of thiophene rings is 1. The van der Waals surface area contributed by atoms with Gasteiger partial charge in [0.15, 0.2) is 0 Å². The number of rotatable bonds is 4. The van der Waals surface area contributed by atoms with Gasteiger partial charge in [-0.05, 0) is 41.3 Å². The molecular weight excluding hydrogens is 368 g/mol. The van der Waals surface area contributed by atoms with Crippen molar-refractivity contribution in [3.8, 4) is 5.75 Å². The van der Waals surface area contributed by atoms with E-state index in [1.165, 1.54) is 48.2 Å². The molecule has 0 saturated heterocycles. The molecule has 134 valence electrons. The second-order valence-electron chi connectivity index (χ2n) is 5.40.